The first-order valence-electron chi connectivity index (χ1n) is 9.96. The number of pyridine rings is 1. The number of hydrogen-bond acceptors (Lipinski definition) is 5. The molecule has 2 aromatic carbocycles. The lowest BCUT2D eigenvalue weighted by Gasteiger charge is -2.28. The van der Waals surface area contributed by atoms with E-state index >= 15 is 0 Å². The van der Waals surface area contributed by atoms with Crippen LogP contribution in [-0.4, -0.2) is 50.9 Å². The summed E-state index contributed by atoms with van der Waals surface area (Å²) in [5.41, 5.74) is 2.81. The van der Waals surface area contributed by atoms with Crippen LogP contribution in [0.5, 0.6) is 0 Å². The minimum atomic E-state index is -0.379. The Morgan fingerprint density at radius 1 is 0.903 bits per heavy atom. The van der Waals surface area contributed by atoms with Crippen LogP contribution in [0.1, 0.15) is 20.7 Å². The van der Waals surface area contributed by atoms with Gasteiger partial charge < -0.3 is 20.3 Å². The summed E-state index contributed by atoms with van der Waals surface area (Å²) in [6, 6.07) is 17.5. The molecule has 7 nitrogen and oxygen atoms in total. The molecule has 2 radical (unpaired) electrons. The summed E-state index contributed by atoms with van der Waals surface area (Å²) >= 11 is 0. The van der Waals surface area contributed by atoms with Crippen LogP contribution >= 0.6 is 0 Å². The second kappa shape index (κ2) is 9.44. The zero-order chi connectivity index (χ0) is 21.6. The number of carbonyl (C=O) groups excluding carboxylic acids is 2. The number of rotatable bonds is 5. The first-order chi connectivity index (χ1) is 15.1. The molecule has 2 N–H and O–H groups in total. The number of morpholine rings is 1. The van der Waals surface area contributed by atoms with Crippen molar-refractivity contribution in [1.82, 2.24) is 4.98 Å². The molecule has 0 aliphatic carbocycles. The molecule has 0 bridgehead atoms. The standard InChI is InChI=1S/C23H21BN4O3/c24-17-7-10-21(25-15-17)27-23(30)19-3-1-2-4-20(19)26-22(29)16-5-8-18(9-6-16)28-11-13-31-14-12-28/h1-10,15H,11-14H2,(H,26,29)(H,25,27,30). The third kappa shape index (κ3) is 5.10. The monoisotopic (exact) mass is 412 g/mol. The highest BCUT2D eigenvalue weighted by atomic mass is 16.5. The molecule has 2 heterocycles. The maximum atomic E-state index is 12.8. The Morgan fingerprint density at radius 3 is 2.35 bits per heavy atom. The number of hydrogen-bond donors (Lipinski definition) is 2. The van der Waals surface area contributed by atoms with Gasteiger partial charge in [-0.1, -0.05) is 23.7 Å². The number of aromatic nitrogens is 1. The smallest absolute Gasteiger partial charge is 0.258 e. The lowest BCUT2D eigenvalue weighted by Crippen LogP contribution is -2.36. The van der Waals surface area contributed by atoms with E-state index in [9.17, 15) is 9.59 Å². The number of benzene rings is 2. The van der Waals surface area contributed by atoms with Crippen molar-refractivity contribution >= 4 is 42.3 Å². The van der Waals surface area contributed by atoms with Gasteiger partial charge in [-0.2, -0.15) is 0 Å². The van der Waals surface area contributed by atoms with Gasteiger partial charge in [0.2, 0.25) is 0 Å². The summed E-state index contributed by atoms with van der Waals surface area (Å²) in [5.74, 6) is -0.297. The fourth-order valence-electron chi connectivity index (χ4n) is 3.29. The quantitative estimate of drug-likeness (QED) is 0.628. The SMILES string of the molecule is [B]c1ccc(NC(=O)c2ccccc2NC(=O)c2ccc(N3CCOCC3)cc2)nc1. The molecule has 1 aromatic heterocycles. The molecule has 2 amide bonds. The van der Waals surface area contributed by atoms with Gasteiger partial charge in [-0.05, 0) is 42.5 Å². The van der Waals surface area contributed by atoms with Crippen molar-refractivity contribution in [2.75, 3.05) is 41.8 Å². The first kappa shape index (κ1) is 20.6. The van der Waals surface area contributed by atoms with Crippen LogP contribution in [0.2, 0.25) is 0 Å². The van der Waals surface area contributed by atoms with Gasteiger partial charge in [-0.25, -0.2) is 4.98 Å². The Hall–Kier alpha value is -3.65. The van der Waals surface area contributed by atoms with E-state index in [1.165, 1.54) is 6.20 Å². The molecule has 0 atom stereocenters. The van der Waals surface area contributed by atoms with Crippen LogP contribution in [0.25, 0.3) is 0 Å². The molecule has 1 aliphatic heterocycles. The van der Waals surface area contributed by atoms with Crippen LogP contribution in [-0.2, 0) is 4.74 Å². The zero-order valence-electron chi connectivity index (χ0n) is 16.9. The van der Waals surface area contributed by atoms with Gasteiger partial charge in [0.1, 0.15) is 13.7 Å². The summed E-state index contributed by atoms with van der Waals surface area (Å²) in [6.45, 7) is 3.06. The topological polar surface area (TPSA) is 83.6 Å². The lowest BCUT2D eigenvalue weighted by atomic mass is 9.99. The zero-order valence-corrected chi connectivity index (χ0v) is 16.9. The predicted octanol–water partition coefficient (Wildman–Crippen LogP) is 2.22. The first-order valence-corrected chi connectivity index (χ1v) is 9.96. The van der Waals surface area contributed by atoms with E-state index < -0.39 is 0 Å². The molecule has 1 saturated heterocycles. The number of para-hydroxylation sites is 1. The van der Waals surface area contributed by atoms with E-state index in [2.05, 4.69) is 20.5 Å². The summed E-state index contributed by atoms with van der Waals surface area (Å²) in [7, 11) is 5.62. The maximum absolute atomic E-state index is 12.8. The molecule has 0 unspecified atom stereocenters. The molecule has 1 fully saturated rings. The highest BCUT2D eigenvalue weighted by molar-refractivity contribution is 6.32. The minimum absolute atomic E-state index is 0.292. The molecule has 3 aromatic rings. The maximum Gasteiger partial charge on any atom is 0.258 e. The van der Waals surface area contributed by atoms with Gasteiger partial charge in [-0.15, -0.1) is 0 Å². The van der Waals surface area contributed by atoms with Gasteiger partial charge in [0.25, 0.3) is 11.8 Å². The van der Waals surface area contributed by atoms with Crippen molar-refractivity contribution < 1.29 is 14.3 Å². The third-order valence-corrected chi connectivity index (χ3v) is 4.95. The van der Waals surface area contributed by atoms with Gasteiger partial charge in [0.05, 0.1) is 24.5 Å². The van der Waals surface area contributed by atoms with Gasteiger partial charge in [-0.3, -0.25) is 9.59 Å². The van der Waals surface area contributed by atoms with Crippen molar-refractivity contribution in [1.29, 1.82) is 0 Å². The fourth-order valence-corrected chi connectivity index (χ4v) is 3.29. The minimum Gasteiger partial charge on any atom is -0.378 e. The number of ether oxygens (including phenoxy) is 1. The average Bonchev–Trinajstić information content (AvgIpc) is 2.81. The van der Waals surface area contributed by atoms with Crippen molar-refractivity contribution in [3.8, 4) is 0 Å². The number of carbonyl (C=O) groups is 2. The highest BCUT2D eigenvalue weighted by Gasteiger charge is 2.16. The molecular formula is C23H21BN4O3. The normalized spacial score (nSPS) is 13.5. The summed E-state index contributed by atoms with van der Waals surface area (Å²) < 4.78 is 5.37. The van der Waals surface area contributed by atoms with Gasteiger partial charge in [0.15, 0.2) is 0 Å². The van der Waals surface area contributed by atoms with Crippen molar-refractivity contribution in [3.63, 3.8) is 0 Å². The number of anilines is 3. The van der Waals surface area contributed by atoms with Crippen LogP contribution in [0.15, 0.2) is 66.9 Å². The fraction of sp³-hybridized carbons (Fsp3) is 0.174. The highest BCUT2D eigenvalue weighted by Crippen LogP contribution is 2.20. The second-order valence-corrected chi connectivity index (χ2v) is 7.08. The lowest BCUT2D eigenvalue weighted by molar-refractivity contribution is 0.102. The molecule has 0 spiro atoms. The largest absolute Gasteiger partial charge is 0.378 e. The average molecular weight is 412 g/mol. The van der Waals surface area contributed by atoms with Crippen LogP contribution in [0.3, 0.4) is 0 Å². The van der Waals surface area contributed by atoms with Crippen molar-refractivity contribution in [3.05, 3.63) is 78.0 Å². The van der Waals surface area contributed by atoms with E-state index in [1.807, 2.05) is 12.1 Å². The molecule has 31 heavy (non-hydrogen) atoms. The summed E-state index contributed by atoms with van der Waals surface area (Å²) in [6.07, 6.45) is 1.46. The molecule has 0 saturated carbocycles. The van der Waals surface area contributed by atoms with Gasteiger partial charge >= 0.3 is 0 Å². The van der Waals surface area contributed by atoms with Crippen LogP contribution in [0.4, 0.5) is 17.2 Å². The Bertz CT molecular complexity index is 1060. The number of nitrogens with one attached hydrogen (secondary N) is 2. The Morgan fingerprint density at radius 2 is 1.65 bits per heavy atom. The molecule has 1 aliphatic rings. The second-order valence-electron chi connectivity index (χ2n) is 7.08. The number of nitrogens with zero attached hydrogens (tertiary/aromatic N) is 2. The molecular weight excluding hydrogens is 391 g/mol. The molecule has 4 rings (SSSR count). The van der Waals surface area contributed by atoms with Crippen molar-refractivity contribution in [2.24, 2.45) is 0 Å². The molecule has 154 valence electrons. The van der Waals surface area contributed by atoms with Crippen LogP contribution in [0, 0.1) is 0 Å². The summed E-state index contributed by atoms with van der Waals surface area (Å²) in [4.78, 5) is 31.8. The molecule has 8 heteroatoms. The summed E-state index contributed by atoms with van der Waals surface area (Å²) in [5, 5.41) is 5.54. The number of amides is 2. The van der Waals surface area contributed by atoms with E-state index in [1.54, 1.807) is 48.5 Å². The van der Waals surface area contributed by atoms with E-state index in [-0.39, 0.29) is 11.8 Å². The predicted molar refractivity (Wildman–Crippen MR) is 121 cm³/mol. The Kier molecular flexibility index (Phi) is 6.28. The van der Waals surface area contributed by atoms with Crippen LogP contribution < -0.4 is 21.0 Å². The van der Waals surface area contributed by atoms with E-state index in [0.717, 1.165) is 18.8 Å². The Labute approximate surface area is 181 Å². The Balaban J connectivity index is 1.46. The van der Waals surface area contributed by atoms with Gasteiger partial charge in [0, 0.05) is 30.5 Å². The third-order valence-electron chi connectivity index (χ3n) is 4.95. The van der Waals surface area contributed by atoms with E-state index in [4.69, 9.17) is 12.6 Å². The van der Waals surface area contributed by atoms with E-state index in [0.29, 0.717) is 41.3 Å². The van der Waals surface area contributed by atoms with Crippen molar-refractivity contribution in [2.45, 2.75) is 0 Å².